The second-order valence-corrected chi connectivity index (χ2v) is 4.49. The zero-order chi connectivity index (χ0) is 13.9. The molecule has 0 unspecified atom stereocenters. The molecule has 0 amide bonds. The maximum Gasteiger partial charge on any atom is 0.158 e. The van der Waals surface area contributed by atoms with Crippen molar-refractivity contribution in [3.63, 3.8) is 0 Å². The predicted molar refractivity (Wildman–Crippen MR) is 75.5 cm³/mol. The Bertz CT molecular complexity index is 720. The average molecular weight is 269 g/mol. The van der Waals surface area contributed by atoms with E-state index in [1.54, 1.807) is 13.3 Å². The molecule has 3 rings (SSSR count). The van der Waals surface area contributed by atoms with E-state index in [2.05, 4.69) is 10.1 Å². The number of methoxy groups -OCH3 is 1. The molecule has 0 aliphatic heterocycles. The van der Waals surface area contributed by atoms with Gasteiger partial charge in [0.2, 0.25) is 0 Å². The minimum atomic E-state index is -0.0855. The molecule has 0 bridgehead atoms. The van der Waals surface area contributed by atoms with Crippen LogP contribution in [0.4, 0.5) is 0 Å². The Labute approximate surface area is 116 Å². The van der Waals surface area contributed by atoms with Crippen molar-refractivity contribution in [2.75, 3.05) is 7.11 Å². The molecule has 0 saturated heterocycles. The zero-order valence-corrected chi connectivity index (χ0v) is 11.2. The van der Waals surface area contributed by atoms with Gasteiger partial charge in [-0.15, -0.1) is 0 Å². The van der Waals surface area contributed by atoms with Gasteiger partial charge in [0, 0.05) is 11.6 Å². The molecule has 102 valence electrons. The van der Waals surface area contributed by atoms with Crippen molar-refractivity contribution in [3.8, 4) is 5.75 Å². The quantitative estimate of drug-likeness (QED) is 0.786. The summed E-state index contributed by atoms with van der Waals surface area (Å²) < 4.78 is 6.95. The molecular weight excluding hydrogens is 254 g/mol. The summed E-state index contributed by atoms with van der Waals surface area (Å²) in [6.07, 6.45) is 1.73. The van der Waals surface area contributed by atoms with E-state index in [0.717, 1.165) is 22.3 Å². The molecule has 3 aromatic rings. The average Bonchev–Trinajstić information content (AvgIpc) is 2.86. The number of aliphatic hydroxyl groups is 1. The molecular formula is C15H15N3O2. The van der Waals surface area contributed by atoms with E-state index >= 15 is 0 Å². The molecule has 20 heavy (non-hydrogen) atoms. The summed E-state index contributed by atoms with van der Waals surface area (Å²) in [6.45, 7) is 0.523. The van der Waals surface area contributed by atoms with Crippen LogP contribution in [-0.4, -0.2) is 27.0 Å². The van der Waals surface area contributed by atoms with Crippen LogP contribution in [0, 0.1) is 0 Å². The number of rotatable bonds is 4. The molecule has 5 nitrogen and oxygen atoms in total. The fourth-order valence-corrected chi connectivity index (χ4v) is 2.21. The number of ether oxygens (including phenoxy) is 1. The fraction of sp³-hybridized carbons (Fsp3) is 0.200. The summed E-state index contributed by atoms with van der Waals surface area (Å²) in [6, 6.07) is 11.6. The van der Waals surface area contributed by atoms with Crippen LogP contribution >= 0.6 is 0 Å². The molecule has 5 heteroatoms. The molecule has 0 aliphatic carbocycles. The lowest BCUT2D eigenvalue weighted by atomic mass is 10.2. The Morgan fingerprint density at radius 3 is 2.70 bits per heavy atom. The summed E-state index contributed by atoms with van der Waals surface area (Å²) in [5, 5.41) is 14.7. The van der Waals surface area contributed by atoms with Crippen molar-refractivity contribution < 1.29 is 9.84 Å². The van der Waals surface area contributed by atoms with Gasteiger partial charge in [-0.25, -0.2) is 9.67 Å². The Balaban J connectivity index is 1.97. The van der Waals surface area contributed by atoms with Gasteiger partial charge in [-0.1, -0.05) is 12.1 Å². The van der Waals surface area contributed by atoms with E-state index < -0.39 is 0 Å². The van der Waals surface area contributed by atoms with Crippen molar-refractivity contribution in [2.45, 2.75) is 13.2 Å². The Morgan fingerprint density at radius 1 is 1.20 bits per heavy atom. The van der Waals surface area contributed by atoms with Crippen LogP contribution in [0.1, 0.15) is 11.3 Å². The van der Waals surface area contributed by atoms with Crippen molar-refractivity contribution in [3.05, 3.63) is 53.9 Å². The monoisotopic (exact) mass is 269 g/mol. The van der Waals surface area contributed by atoms with E-state index in [9.17, 15) is 5.11 Å². The highest BCUT2D eigenvalue weighted by Crippen LogP contribution is 2.18. The van der Waals surface area contributed by atoms with Crippen molar-refractivity contribution in [1.29, 1.82) is 0 Å². The van der Waals surface area contributed by atoms with Gasteiger partial charge >= 0.3 is 0 Å². The van der Waals surface area contributed by atoms with Gasteiger partial charge in [-0.3, -0.25) is 0 Å². The second-order valence-electron chi connectivity index (χ2n) is 4.49. The van der Waals surface area contributed by atoms with Gasteiger partial charge in [0.1, 0.15) is 5.75 Å². The Morgan fingerprint density at radius 2 is 2.00 bits per heavy atom. The lowest BCUT2D eigenvalue weighted by molar-refractivity contribution is 0.276. The molecule has 0 spiro atoms. The SMILES string of the molecule is COc1ccc(Cn2nc(CO)c3cccnc32)cc1. The Hall–Kier alpha value is -2.40. The van der Waals surface area contributed by atoms with E-state index in [1.807, 2.05) is 41.1 Å². The number of aromatic nitrogens is 3. The zero-order valence-electron chi connectivity index (χ0n) is 11.2. The summed E-state index contributed by atoms with van der Waals surface area (Å²) in [5.41, 5.74) is 2.54. The highest BCUT2D eigenvalue weighted by atomic mass is 16.5. The minimum absolute atomic E-state index is 0.0855. The van der Waals surface area contributed by atoms with Crippen LogP contribution in [0.3, 0.4) is 0 Å². The van der Waals surface area contributed by atoms with Crippen molar-refractivity contribution >= 4 is 11.0 Å². The molecule has 2 aromatic heterocycles. The summed E-state index contributed by atoms with van der Waals surface area (Å²) >= 11 is 0. The number of benzene rings is 1. The molecule has 1 N–H and O–H groups in total. The topological polar surface area (TPSA) is 60.2 Å². The predicted octanol–water partition coefficient (Wildman–Crippen LogP) is 1.98. The number of hydrogen-bond donors (Lipinski definition) is 1. The first-order valence-corrected chi connectivity index (χ1v) is 6.36. The van der Waals surface area contributed by atoms with E-state index in [-0.39, 0.29) is 6.61 Å². The minimum Gasteiger partial charge on any atom is -0.497 e. The third-order valence-corrected chi connectivity index (χ3v) is 3.22. The third-order valence-electron chi connectivity index (χ3n) is 3.22. The number of aliphatic hydroxyl groups excluding tert-OH is 1. The van der Waals surface area contributed by atoms with Gasteiger partial charge in [0.25, 0.3) is 0 Å². The maximum absolute atomic E-state index is 9.36. The smallest absolute Gasteiger partial charge is 0.158 e. The number of pyridine rings is 1. The lowest BCUT2D eigenvalue weighted by Gasteiger charge is -2.04. The fourth-order valence-electron chi connectivity index (χ4n) is 2.21. The standard InChI is InChI=1S/C15H15N3O2/c1-20-12-6-4-11(5-7-12)9-18-15-13(3-2-8-16-15)14(10-19)17-18/h2-8,19H,9-10H2,1H3. The first kappa shape index (κ1) is 12.6. The van der Waals surface area contributed by atoms with Crippen LogP contribution in [-0.2, 0) is 13.2 Å². The molecule has 0 saturated carbocycles. The third kappa shape index (κ3) is 2.23. The van der Waals surface area contributed by atoms with Crippen LogP contribution in [0.15, 0.2) is 42.6 Å². The summed E-state index contributed by atoms with van der Waals surface area (Å²) in [4.78, 5) is 4.34. The molecule has 2 heterocycles. The largest absolute Gasteiger partial charge is 0.497 e. The molecule has 0 atom stereocenters. The normalized spacial score (nSPS) is 10.9. The number of hydrogen-bond acceptors (Lipinski definition) is 4. The van der Waals surface area contributed by atoms with Crippen LogP contribution in [0.25, 0.3) is 11.0 Å². The van der Waals surface area contributed by atoms with Gasteiger partial charge in [-0.2, -0.15) is 5.10 Å². The lowest BCUT2D eigenvalue weighted by Crippen LogP contribution is -2.03. The summed E-state index contributed by atoms with van der Waals surface area (Å²) in [5.74, 6) is 0.827. The molecule has 0 aliphatic rings. The van der Waals surface area contributed by atoms with E-state index in [1.165, 1.54) is 0 Å². The van der Waals surface area contributed by atoms with Crippen molar-refractivity contribution in [1.82, 2.24) is 14.8 Å². The second kappa shape index (κ2) is 5.30. The van der Waals surface area contributed by atoms with Gasteiger partial charge in [0.05, 0.1) is 26.0 Å². The molecule has 1 aromatic carbocycles. The number of fused-ring (bicyclic) bond motifs is 1. The summed E-state index contributed by atoms with van der Waals surface area (Å²) in [7, 11) is 1.65. The van der Waals surface area contributed by atoms with Crippen LogP contribution < -0.4 is 4.74 Å². The first-order valence-electron chi connectivity index (χ1n) is 6.36. The van der Waals surface area contributed by atoms with Crippen molar-refractivity contribution in [2.24, 2.45) is 0 Å². The molecule has 0 radical (unpaired) electrons. The van der Waals surface area contributed by atoms with Gasteiger partial charge in [-0.05, 0) is 29.8 Å². The highest BCUT2D eigenvalue weighted by molar-refractivity contribution is 5.78. The van der Waals surface area contributed by atoms with Gasteiger partial charge < -0.3 is 9.84 Å². The van der Waals surface area contributed by atoms with Crippen LogP contribution in [0.5, 0.6) is 5.75 Å². The number of nitrogens with zero attached hydrogens (tertiary/aromatic N) is 3. The molecule has 0 fully saturated rings. The van der Waals surface area contributed by atoms with Gasteiger partial charge in [0.15, 0.2) is 5.65 Å². The van der Waals surface area contributed by atoms with Crippen LogP contribution in [0.2, 0.25) is 0 Å². The maximum atomic E-state index is 9.36. The first-order chi connectivity index (χ1) is 9.81. The van der Waals surface area contributed by atoms with E-state index in [0.29, 0.717) is 12.2 Å². The highest BCUT2D eigenvalue weighted by Gasteiger charge is 2.10. The van der Waals surface area contributed by atoms with E-state index in [4.69, 9.17) is 4.74 Å². The Kier molecular flexibility index (Phi) is 3.35.